The molecule has 3 rings (SSSR count). The maximum Gasteiger partial charge on any atom is 0.0456 e. The van der Waals surface area contributed by atoms with Gasteiger partial charge in [-0.15, -0.1) is 0 Å². The highest BCUT2D eigenvalue weighted by Crippen LogP contribution is 2.37. The molecule has 1 N–H and O–H groups in total. The lowest BCUT2D eigenvalue weighted by atomic mass is 9.85. The highest BCUT2D eigenvalue weighted by Gasteiger charge is 2.26. The van der Waals surface area contributed by atoms with Crippen LogP contribution in [-0.4, -0.2) is 4.98 Å². The highest BCUT2D eigenvalue weighted by molar-refractivity contribution is 5.84. The van der Waals surface area contributed by atoms with Gasteiger partial charge in [-0.1, -0.05) is 32.3 Å². The fourth-order valence-corrected chi connectivity index (χ4v) is 3.76. The molecule has 0 bridgehead atoms. The second-order valence-corrected chi connectivity index (χ2v) is 5.86. The topological polar surface area (TPSA) is 15.8 Å². The summed E-state index contributed by atoms with van der Waals surface area (Å²) >= 11 is 0. The Hall–Kier alpha value is -1.24. The van der Waals surface area contributed by atoms with E-state index in [9.17, 15) is 0 Å². The summed E-state index contributed by atoms with van der Waals surface area (Å²) in [5, 5.41) is 1.44. The Morgan fingerprint density at radius 3 is 2.83 bits per heavy atom. The van der Waals surface area contributed by atoms with Crippen LogP contribution in [0.1, 0.15) is 43.7 Å². The zero-order valence-corrected chi connectivity index (χ0v) is 11.5. The molecule has 0 saturated heterocycles. The summed E-state index contributed by atoms with van der Waals surface area (Å²) in [6.45, 7) is 4.62. The number of hydrogen-bond acceptors (Lipinski definition) is 0. The predicted molar refractivity (Wildman–Crippen MR) is 77.9 cm³/mol. The van der Waals surface area contributed by atoms with Gasteiger partial charge in [-0.05, 0) is 54.9 Å². The number of aryl methyl sites for hydroxylation is 1. The van der Waals surface area contributed by atoms with Gasteiger partial charge < -0.3 is 4.98 Å². The molecule has 18 heavy (non-hydrogen) atoms. The minimum atomic E-state index is 0.911. The number of rotatable bonds is 3. The SMILES string of the molecule is CC[C@@H]1CCCC1Cc1c(C)ccc2[nH]ccc12. The number of fused-ring (bicyclic) bond motifs is 1. The first-order valence-corrected chi connectivity index (χ1v) is 7.35. The lowest BCUT2D eigenvalue weighted by Crippen LogP contribution is -2.11. The van der Waals surface area contributed by atoms with E-state index in [4.69, 9.17) is 0 Å². The van der Waals surface area contributed by atoms with E-state index < -0.39 is 0 Å². The Bertz CT molecular complexity index is 538. The highest BCUT2D eigenvalue weighted by atomic mass is 14.7. The third kappa shape index (κ3) is 1.96. The van der Waals surface area contributed by atoms with E-state index in [-0.39, 0.29) is 0 Å². The van der Waals surface area contributed by atoms with Gasteiger partial charge in [0.15, 0.2) is 0 Å². The van der Waals surface area contributed by atoms with Gasteiger partial charge in [-0.3, -0.25) is 0 Å². The first-order valence-electron chi connectivity index (χ1n) is 7.35. The van der Waals surface area contributed by atoms with E-state index >= 15 is 0 Å². The van der Waals surface area contributed by atoms with Crippen molar-refractivity contribution >= 4 is 10.9 Å². The standard InChI is InChI=1S/C17H23N/c1-3-13-5-4-6-14(13)11-16-12(2)7-8-17-15(16)9-10-18-17/h7-10,13-14,18H,3-6,11H2,1-2H3/t13-,14?/m1/s1. The zero-order chi connectivity index (χ0) is 12.5. The average molecular weight is 241 g/mol. The van der Waals surface area contributed by atoms with Crippen LogP contribution in [0.3, 0.4) is 0 Å². The summed E-state index contributed by atoms with van der Waals surface area (Å²) < 4.78 is 0. The van der Waals surface area contributed by atoms with Crippen LogP contribution in [0.2, 0.25) is 0 Å². The number of H-pyrrole nitrogens is 1. The van der Waals surface area contributed by atoms with Crippen LogP contribution in [-0.2, 0) is 6.42 Å². The second-order valence-electron chi connectivity index (χ2n) is 5.86. The Balaban J connectivity index is 1.94. The van der Waals surface area contributed by atoms with Crippen molar-refractivity contribution in [1.29, 1.82) is 0 Å². The van der Waals surface area contributed by atoms with Crippen LogP contribution in [0.4, 0.5) is 0 Å². The van der Waals surface area contributed by atoms with Gasteiger partial charge in [0.2, 0.25) is 0 Å². The van der Waals surface area contributed by atoms with E-state index in [0.29, 0.717) is 0 Å². The van der Waals surface area contributed by atoms with Gasteiger partial charge in [-0.25, -0.2) is 0 Å². The molecule has 0 spiro atoms. The van der Waals surface area contributed by atoms with Gasteiger partial charge in [0.05, 0.1) is 0 Å². The lowest BCUT2D eigenvalue weighted by molar-refractivity contribution is 0.375. The summed E-state index contributed by atoms with van der Waals surface area (Å²) in [6, 6.07) is 6.72. The minimum Gasteiger partial charge on any atom is -0.361 e. The Kier molecular flexibility index (Phi) is 3.15. The second kappa shape index (κ2) is 4.79. The number of hydrogen-bond donors (Lipinski definition) is 1. The van der Waals surface area contributed by atoms with Crippen LogP contribution in [0.15, 0.2) is 24.4 Å². The number of aromatic amines is 1. The molecular formula is C17H23N. The third-order valence-electron chi connectivity index (χ3n) is 4.89. The molecule has 0 radical (unpaired) electrons. The Morgan fingerprint density at radius 2 is 2.00 bits per heavy atom. The van der Waals surface area contributed by atoms with Crippen molar-refractivity contribution in [2.75, 3.05) is 0 Å². The summed E-state index contributed by atoms with van der Waals surface area (Å²) in [6.07, 6.45) is 9.01. The molecule has 1 unspecified atom stereocenters. The number of benzene rings is 1. The van der Waals surface area contributed by atoms with Crippen molar-refractivity contribution in [3.8, 4) is 0 Å². The molecule has 2 atom stereocenters. The van der Waals surface area contributed by atoms with Gasteiger partial charge in [0.1, 0.15) is 0 Å². The Morgan fingerprint density at radius 1 is 1.17 bits per heavy atom. The van der Waals surface area contributed by atoms with Crippen molar-refractivity contribution in [2.45, 2.75) is 46.0 Å². The van der Waals surface area contributed by atoms with Crippen molar-refractivity contribution in [3.05, 3.63) is 35.5 Å². The monoisotopic (exact) mass is 241 g/mol. The van der Waals surface area contributed by atoms with Crippen LogP contribution >= 0.6 is 0 Å². The summed E-state index contributed by atoms with van der Waals surface area (Å²) in [7, 11) is 0. The summed E-state index contributed by atoms with van der Waals surface area (Å²) in [5.41, 5.74) is 4.34. The smallest absolute Gasteiger partial charge is 0.0456 e. The van der Waals surface area contributed by atoms with Gasteiger partial charge in [0.25, 0.3) is 0 Å². The van der Waals surface area contributed by atoms with Crippen LogP contribution in [0, 0.1) is 18.8 Å². The molecule has 1 aliphatic carbocycles. The predicted octanol–water partition coefficient (Wildman–Crippen LogP) is 4.85. The molecule has 1 aliphatic rings. The van der Waals surface area contributed by atoms with Crippen LogP contribution in [0.25, 0.3) is 10.9 Å². The first kappa shape index (κ1) is 11.8. The molecule has 1 heteroatoms. The molecule has 0 aliphatic heterocycles. The molecule has 1 aromatic carbocycles. The largest absolute Gasteiger partial charge is 0.361 e. The quantitative estimate of drug-likeness (QED) is 0.791. The van der Waals surface area contributed by atoms with Crippen molar-refractivity contribution < 1.29 is 0 Å². The molecular weight excluding hydrogens is 218 g/mol. The lowest BCUT2D eigenvalue weighted by Gasteiger charge is -2.19. The van der Waals surface area contributed by atoms with Crippen molar-refractivity contribution in [2.24, 2.45) is 11.8 Å². The van der Waals surface area contributed by atoms with Crippen LogP contribution in [0.5, 0.6) is 0 Å². The van der Waals surface area contributed by atoms with E-state index in [2.05, 4.69) is 43.2 Å². The molecule has 1 aromatic heterocycles. The van der Waals surface area contributed by atoms with E-state index in [1.54, 1.807) is 5.56 Å². The first-order chi connectivity index (χ1) is 8.79. The molecule has 1 saturated carbocycles. The molecule has 1 fully saturated rings. The molecule has 1 nitrogen and oxygen atoms in total. The number of nitrogens with one attached hydrogen (secondary N) is 1. The minimum absolute atomic E-state index is 0.911. The number of aromatic nitrogens is 1. The third-order valence-corrected chi connectivity index (χ3v) is 4.89. The molecule has 96 valence electrons. The van der Waals surface area contributed by atoms with E-state index in [1.807, 2.05) is 0 Å². The van der Waals surface area contributed by atoms with E-state index in [1.165, 1.54) is 48.6 Å². The van der Waals surface area contributed by atoms with Gasteiger partial charge in [-0.2, -0.15) is 0 Å². The summed E-state index contributed by atoms with van der Waals surface area (Å²) in [4.78, 5) is 3.34. The van der Waals surface area contributed by atoms with Crippen molar-refractivity contribution in [3.63, 3.8) is 0 Å². The molecule has 2 aromatic rings. The zero-order valence-electron chi connectivity index (χ0n) is 11.5. The van der Waals surface area contributed by atoms with Gasteiger partial charge >= 0.3 is 0 Å². The van der Waals surface area contributed by atoms with Crippen molar-refractivity contribution in [1.82, 2.24) is 4.98 Å². The maximum atomic E-state index is 3.34. The molecule has 1 heterocycles. The normalized spacial score (nSPS) is 23.9. The maximum absolute atomic E-state index is 3.34. The molecule has 0 amide bonds. The van der Waals surface area contributed by atoms with Crippen LogP contribution < -0.4 is 0 Å². The van der Waals surface area contributed by atoms with Gasteiger partial charge in [0, 0.05) is 17.1 Å². The summed E-state index contributed by atoms with van der Waals surface area (Å²) in [5.74, 6) is 1.87. The van der Waals surface area contributed by atoms with E-state index in [0.717, 1.165) is 11.8 Å². The Labute approximate surface area is 110 Å². The average Bonchev–Trinajstić information content (AvgIpc) is 3.01. The fraction of sp³-hybridized carbons (Fsp3) is 0.529. The fourth-order valence-electron chi connectivity index (χ4n) is 3.76.